The molecule has 2 aromatic rings. The minimum absolute atomic E-state index is 0.208. The van der Waals surface area contributed by atoms with Gasteiger partial charge in [-0.15, -0.1) is 0 Å². The molecule has 0 aliphatic heterocycles. The lowest BCUT2D eigenvalue weighted by Crippen LogP contribution is -2.06. The fourth-order valence-electron chi connectivity index (χ4n) is 1.85. The van der Waals surface area contributed by atoms with Crippen molar-refractivity contribution in [1.82, 2.24) is 4.98 Å². The van der Waals surface area contributed by atoms with E-state index >= 15 is 0 Å². The number of benzene rings is 1. The van der Waals surface area contributed by atoms with Gasteiger partial charge in [0.25, 0.3) is 0 Å². The Bertz CT molecular complexity index is 637. The quantitative estimate of drug-likeness (QED) is 0.904. The second-order valence-corrected chi connectivity index (χ2v) is 4.20. The summed E-state index contributed by atoms with van der Waals surface area (Å²) >= 11 is 0. The molecule has 2 N–H and O–H groups in total. The van der Waals surface area contributed by atoms with E-state index in [1.807, 2.05) is 6.07 Å². The lowest BCUT2D eigenvalue weighted by molar-refractivity contribution is 0.301. The molecule has 1 aromatic heterocycles. The zero-order chi connectivity index (χ0) is 14.4. The van der Waals surface area contributed by atoms with Crippen LogP contribution in [0, 0.1) is 17.1 Å². The molecule has 0 spiro atoms. The maximum absolute atomic E-state index is 13.2. The number of nitrogens with two attached hydrogens (primary N) is 1. The Morgan fingerprint density at radius 2 is 2.15 bits per heavy atom. The van der Waals surface area contributed by atoms with Crippen LogP contribution < -0.4 is 10.5 Å². The minimum atomic E-state index is -0.320. The Kier molecular flexibility index (Phi) is 4.64. The molecule has 0 fully saturated rings. The first-order valence-electron chi connectivity index (χ1n) is 6.20. The third-order valence-electron chi connectivity index (χ3n) is 2.82. The number of rotatable bonds is 5. The maximum atomic E-state index is 13.2. The van der Waals surface area contributed by atoms with Crippen molar-refractivity contribution in [2.45, 2.75) is 13.0 Å². The molecule has 0 radical (unpaired) electrons. The normalized spacial score (nSPS) is 10.1. The highest BCUT2D eigenvalue weighted by Gasteiger charge is 2.07. The molecule has 0 aliphatic carbocycles. The first-order chi connectivity index (χ1) is 9.74. The summed E-state index contributed by atoms with van der Waals surface area (Å²) in [4.78, 5) is 3.96. The molecule has 0 aliphatic rings. The summed E-state index contributed by atoms with van der Waals surface area (Å²) in [5.74, 6) is 0.254. The number of ether oxygens (including phenoxy) is 1. The summed E-state index contributed by atoms with van der Waals surface area (Å²) in [5.41, 5.74) is 7.24. The molecule has 102 valence electrons. The SMILES string of the molecule is N#Cc1ncccc1COc1ccc(F)cc1CCN. The van der Waals surface area contributed by atoms with E-state index in [0.717, 1.165) is 5.56 Å². The van der Waals surface area contributed by atoms with Gasteiger partial charge in [-0.3, -0.25) is 0 Å². The maximum Gasteiger partial charge on any atom is 0.147 e. The highest BCUT2D eigenvalue weighted by atomic mass is 19.1. The van der Waals surface area contributed by atoms with E-state index in [9.17, 15) is 4.39 Å². The number of hydrogen-bond acceptors (Lipinski definition) is 4. The largest absolute Gasteiger partial charge is 0.489 e. The van der Waals surface area contributed by atoms with E-state index in [-0.39, 0.29) is 12.4 Å². The summed E-state index contributed by atoms with van der Waals surface area (Å²) in [5, 5.41) is 8.96. The van der Waals surface area contributed by atoms with Gasteiger partial charge in [0.15, 0.2) is 0 Å². The van der Waals surface area contributed by atoms with E-state index in [1.165, 1.54) is 12.1 Å². The molecule has 0 saturated heterocycles. The van der Waals surface area contributed by atoms with Crippen LogP contribution in [0.1, 0.15) is 16.8 Å². The topological polar surface area (TPSA) is 71.9 Å². The predicted molar refractivity (Wildman–Crippen MR) is 72.4 cm³/mol. The molecular formula is C15H14FN3O. The molecular weight excluding hydrogens is 257 g/mol. The zero-order valence-corrected chi connectivity index (χ0v) is 10.8. The fourth-order valence-corrected chi connectivity index (χ4v) is 1.85. The van der Waals surface area contributed by atoms with Gasteiger partial charge in [0.1, 0.15) is 29.9 Å². The van der Waals surface area contributed by atoms with E-state index < -0.39 is 0 Å². The Morgan fingerprint density at radius 1 is 1.30 bits per heavy atom. The summed E-state index contributed by atoms with van der Waals surface area (Å²) in [7, 11) is 0. The lowest BCUT2D eigenvalue weighted by Gasteiger charge is -2.11. The summed E-state index contributed by atoms with van der Waals surface area (Å²) in [6.07, 6.45) is 2.09. The Labute approximate surface area is 116 Å². The number of halogens is 1. The summed E-state index contributed by atoms with van der Waals surface area (Å²) in [6.45, 7) is 0.621. The summed E-state index contributed by atoms with van der Waals surface area (Å²) in [6, 6.07) is 9.85. The van der Waals surface area contributed by atoms with Crippen LogP contribution >= 0.6 is 0 Å². The van der Waals surface area contributed by atoms with Crippen molar-refractivity contribution in [2.75, 3.05) is 6.54 Å². The van der Waals surface area contributed by atoms with E-state index in [1.54, 1.807) is 24.4 Å². The highest BCUT2D eigenvalue weighted by molar-refractivity contribution is 5.35. The average Bonchev–Trinajstić information content (AvgIpc) is 2.47. The smallest absolute Gasteiger partial charge is 0.147 e. The van der Waals surface area contributed by atoms with Crippen LogP contribution in [0.25, 0.3) is 0 Å². The molecule has 4 nitrogen and oxygen atoms in total. The number of nitrogens with zero attached hydrogens (tertiary/aromatic N) is 2. The van der Waals surface area contributed by atoms with E-state index in [0.29, 0.717) is 30.0 Å². The van der Waals surface area contributed by atoms with Crippen LogP contribution in [0.4, 0.5) is 4.39 Å². The van der Waals surface area contributed by atoms with Crippen LogP contribution in [-0.4, -0.2) is 11.5 Å². The molecule has 20 heavy (non-hydrogen) atoms. The van der Waals surface area contributed by atoms with Crippen LogP contribution in [0.2, 0.25) is 0 Å². The van der Waals surface area contributed by atoms with Crippen molar-refractivity contribution in [3.05, 3.63) is 59.2 Å². The van der Waals surface area contributed by atoms with Gasteiger partial charge in [-0.2, -0.15) is 5.26 Å². The van der Waals surface area contributed by atoms with E-state index in [2.05, 4.69) is 4.98 Å². The van der Waals surface area contributed by atoms with Gasteiger partial charge >= 0.3 is 0 Å². The Morgan fingerprint density at radius 3 is 2.90 bits per heavy atom. The predicted octanol–water partition coefficient (Wildman–Crippen LogP) is 2.17. The standard InChI is InChI=1S/C15H14FN3O/c16-13-3-4-15(11(8-13)5-6-17)20-10-12-2-1-7-19-14(12)9-18/h1-4,7-8H,5-6,10,17H2. The number of pyridine rings is 1. The van der Waals surface area contributed by atoms with Gasteiger partial charge in [-0.25, -0.2) is 9.37 Å². The summed E-state index contributed by atoms with van der Waals surface area (Å²) < 4.78 is 18.9. The van der Waals surface area contributed by atoms with Gasteiger partial charge in [0, 0.05) is 11.8 Å². The fraction of sp³-hybridized carbons (Fsp3) is 0.200. The van der Waals surface area contributed by atoms with Gasteiger partial charge in [0.2, 0.25) is 0 Å². The molecule has 1 aromatic carbocycles. The van der Waals surface area contributed by atoms with Gasteiger partial charge in [-0.05, 0) is 42.8 Å². The monoisotopic (exact) mass is 271 g/mol. The van der Waals surface area contributed by atoms with Gasteiger partial charge in [0.05, 0.1) is 0 Å². The average molecular weight is 271 g/mol. The third-order valence-corrected chi connectivity index (χ3v) is 2.82. The van der Waals surface area contributed by atoms with Crippen LogP contribution in [0.5, 0.6) is 5.75 Å². The van der Waals surface area contributed by atoms with Crippen LogP contribution in [0.3, 0.4) is 0 Å². The molecule has 0 amide bonds. The van der Waals surface area contributed by atoms with Gasteiger partial charge in [-0.1, -0.05) is 6.07 Å². The Balaban J connectivity index is 2.17. The first kappa shape index (κ1) is 14.0. The van der Waals surface area contributed by atoms with Crippen molar-refractivity contribution in [3.8, 4) is 11.8 Å². The third kappa shape index (κ3) is 3.31. The molecule has 0 bridgehead atoms. The van der Waals surface area contributed by atoms with E-state index in [4.69, 9.17) is 15.7 Å². The molecule has 0 unspecified atom stereocenters. The number of aromatic nitrogens is 1. The molecule has 0 atom stereocenters. The van der Waals surface area contributed by atoms with Crippen LogP contribution in [0.15, 0.2) is 36.5 Å². The van der Waals surface area contributed by atoms with Crippen molar-refractivity contribution >= 4 is 0 Å². The van der Waals surface area contributed by atoms with Crippen molar-refractivity contribution in [1.29, 1.82) is 5.26 Å². The van der Waals surface area contributed by atoms with Gasteiger partial charge < -0.3 is 10.5 Å². The molecule has 0 saturated carbocycles. The number of nitriles is 1. The second kappa shape index (κ2) is 6.64. The van der Waals surface area contributed by atoms with Crippen molar-refractivity contribution < 1.29 is 9.13 Å². The molecule has 1 heterocycles. The first-order valence-corrected chi connectivity index (χ1v) is 6.20. The molecule has 2 rings (SSSR count). The lowest BCUT2D eigenvalue weighted by atomic mass is 10.1. The minimum Gasteiger partial charge on any atom is -0.489 e. The zero-order valence-electron chi connectivity index (χ0n) is 10.8. The number of hydrogen-bond donors (Lipinski definition) is 1. The Hall–Kier alpha value is -2.45. The molecule has 5 heteroatoms. The van der Waals surface area contributed by atoms with Crippen molar-refractivity contribution in [2.24, 2.45) is 5.73 Å². The van der Waals surface area contributed by atoms with Crippen molar-refractivity contribution in [3.63, 3.8) is 0 Å². The van der Waals surface area contributed by atoms with Crippen LogP contribution in [-0.2, 0) is 13.0 Å². The highest BCUT2D eigenvalue weighted by Crippen LogP contribution is 2.21. The second-order valence-electron chi connectivity index (χ2n) is 4.20.